The van der Waals surface area contributed by atoms with Crippen LogP contribution in [-0.4, -0.2) is 75.1 Å². The van der Waals surface area contributed by atoms with Crippen LogP contribution in [0.15, 0.2) is 18.2 Å². The Labute approximate surface area is 193 Å². The SMILES string of the molecule is CCCCC(C)NC(=O)CCN(C)C.CCN1CCN(c2cccc(Cl)c2Cl)CC1. The topological polar surface area (TPSA) is 38.8 Å². The molecule has 0 aromatic heterocycles. The molecule has 0 saturated carbocycles. The lowest BCUT2D eigenvalue weighted by Gasteiger charge is -2.36. The van der Waals surface area contributed by atoms with E-state index in [9.17, 15) is 4.79 Å². The second-order valence-electron chi connectivity index (χ2n) is 8.16. The predicted molar refractivity (Wildman–Crippen MR) is 131 cm³/mol. The van der Waals surface area contributed by atoms with Crippen molar-refractivity contribution in [1.29, 1.82) is 0 Å². The van der Waals surface area contributed by atoms with Crippen LogP contribution in [-0.2, 0) is 4.79 Å². The van der Waals surface area contributed by atoms with E-state index in [1.54, 1.807) is 0 Å². The van der Waals surface area contributed by atoms with E-state index < -0.39 is 0 Å². The van der Waals surface area contributed by atoms with E-state index in [1.165, 1.54) is 12.8 Å². The first-order valence-electron chi connectivity index (χ1n) is 11.1. The van der Waals surface area contributed by atoms with Crippen LogP contribution >= 0.6 is 23.2 Å². The number of carbonyl (C=O) groups excluding carboxylic acids is 1. The second-order valence-corrected chi connectivity index (χ2v) is 8.94. The van der Waals surface area contributed by atoms with Crippen LogP contribution in [0, 0.1) is 0 Å². The van der Waals surface area contributed by atoms with Crippen molar-refractivity contribution in [2.45, 2.75) is 52.5 Å². The summed E-state index contributed by atoms with van der Waals surface area (Å²) in [5.41, 5.74) is 1.06. The highest BCUT2D eigenvalue weighted by Gasteiger charge is 2.18. The first kappa shape index (κ1) is 27.0. The zero-order chi connectivity index (χ0) is 22.5. The van der Waals surface area contributed by atoms with E-state index >= 15 is 0 Å². The van der Waals surface area contributed by atoms with Gasteiger partial charge in [0.05, 0.1) is 15.7 Å². The fourth-order valence-electron chi connectivity index (χ4n) is 3.30. The number of benzene rings is 1. The summed E-state index contributed by atoms with van der Waals surface area (Å²) >= 11 is 12.2. The maximum atomic E-state index is 11.4. The Hall–Kier alpha value is -1.01. The molecule has 1 amide bonds. The minimum Gasteiger partial charge on any atom is -0.368 e. The molecule has 1 unspecified atom stereocenters. The summed E-state index contributed by atoms with van der Waals surface area (Å²) in [6.07, 6.45) is 4.07. The summed E-state index contributed by atoms with van der Waals surface area (Å²) in [7, 11) is 3.96. The van der Waals surface area contributed by atoms with E-state index in [4.69, 9.17) is 23.2 Å². The van der Waals surface area contributed by atoms with E-state index in [-0.39, 0.29) is 5.91 Å². The molecular formula is C23H40Cl2N4O. The van der Waals surface area contributed by atoms with Gasteiger partial charge in [0.25, 0.3) is 0 Å². The monoisotopic (exact) mass is 458 g/mol. The van der Waals surface area contributed by atoms with Crippen LogP contribution < -0.4 is 10.2 Å². The van der Waals surface area contributed by atoms with Crippen molar-refractivity contribution in [1.82, 2.24) is 15.1 Å². The molecule has 0 radical (unpaired) electrons. The summed E-state index contributed by atoms with van der Waals surface area (Å²) in [6, 6.07) is 6.14. The number of anilines is 1. The Balaban J connectivity index is 0.000000304. The molecule has 1 aliphatic heterocycles. The predicted octanol–water partition coefficient (Wildman–Crippen LogP) is 4.77. The van der Waals surface area contributed by atoms with Crippen LogP contribution in [0.2, 0.25) is 10.0 Å². The van der Waals surface area contributed by atoms with E-state index in [0.717, 1.165) is 51.4 Å². The van der Waals surface area contributed by atoms with Crippen molar-refractivity contribution in [3.8, 4) is 0 Å². The minimum atomic E-state index is 0.169. The van der Waals surface area contributed by atoms with Gasteiger partial charge in [-0.15, -0.1) is 0 Å². The highest BCUT2D eigenvalue weighted by molar-refractivity contribution is 6.43. The molecule has 0 spiro atoms. The zero-order valence-corrected chi connectivity index (χ0v) is 20.9. The van der Waals surface area contributed by atoms with Crippen LogP contribution in [0.5, 0.6) is 0 Å². The number of likely N-dealkylation sites (N-methyl/N-ethyl adjacent to an activating group) is 1. The average molecular weight is 460 g/mol. The third-order valence-electron chi connectivity index (χ3n) is 5.28. The van der Waals surface area contributed by atoms with Gasteiger partial charge in [-0.2, -0.15) is 0 Å². The van der Waals surface area contributed by atoms with Gasteiger partial charge in [0.1, 0.15) is 0 Å². The molecule has 2 rings (SSSR count). The smallest absolute Gasteiger partial charge is 0.221 e. The molecule has 0 bridgehead atoms. The van der Waals surface area contributed by atoms with Crippen molar-refractivity contribution in [2.75, 3.05) is 58.3 Å². The normalized spacial score (nSPS) is 15.5. The van der Waals surface area contributed by atoms with Gasteiger partial charge in [-0.3, -0.25) is 4.79 Å². The summed E-state index contributed by atoms with van der Waals surface area (Å²) in [5.74, 6) is 0.169. The Morgan fingerprint density at radius 1 is 1.17 bits per heavy atom. The molecule has 1 aliphatic rings. The van der Waals surface area contributed by atoms with Crippen LogP contribution in [0.1, 0.15) is 46.5 Å². The highest BCUT2D eigenvalue weighted by Crippen LogP contribution is 2.32. The summed E-state index contributed by atoms with van der Waals surface area (Å²) in [5, 5.41) is 4.32. The van der Waals surface area contributed by atoms with Crippen molar-refractivity contribution in [3.05, 3.63) is 28.2 Å². The second kappa shape index (κ2) is 14.9. The Kier molecular flexibility index (Phi) is 13.4. The fourth-order valence-corrected chi connectivity index (χ4v) is 3.71. The van der Waals surface area contributed by atoms with Crippen molar-refractivity contribution in [2.24, 2.45) is 0 Å². The first-order chi connectivity index (χ1) is 14.3. The number of amides is 1. The molecule has 1 aromatic rings. The molecule has 1 saturated heterocycles. The molecule has 1 atom stereocenters. The lowest BCUT2D eigenvalue weighted by atomic mass is 10.1. The largest absolute Gasteiger partial charge is 0.368 e. The average Bonchev–Trinajstić information content (AvgIpc) is 2.73. The molecule has 0 aliphatic carbocycles. The highest BCUT2D eigenvalue weighted by atomic mass is 35.5. The Morgan fingerprint density at radius 3 is 2.40 bits per heavy atom. The van der Waals surface area contributed by atoms with Gasteiger partial charge in [-0.1, -0.05) is 56.0 Å². The molecule has 30 heavy (non-hydrogen) atoms. The fraction of sp³-hybridized carbons (Fsp3) is 0.696. The first-order valence-corrected chi connectivity index (χ1v) is 11.9. The maximum Gasteiger partial charge on any atom is 0.221 e. The lowest BCUT2D eigenvalue weighted by molar-refractivity contribution is -0.121. The third-order valence-corrected chi connectivity index (χ3v) is 6.08. The Morgan fingerprint density at radius 2 is 1.83 bits per heavy atom. The number of carbonyl (C=O) groups is 1. The van der Waals surface area contributed by atoms with E-state index in [1.807, 2.05) is 37.2 Å². The van der Waals surface area contributed by atoms with Crippen LogP contribution in [0.4, 0.5) is 5.69 Å². The number of unbranched alkanes of at least 4 members (excludes halogenated alkanes) is 1. The molecule has 1 N–H and O–H groups in total. The number of nitrogens with zero attached hydrogens (tertiary/aromatic N) is 3. The molecular weight excluding hydrogens is 419 g/mol. The number of hydrogen-bond acceptors (Lipinski definition) is 4. The molecule has 1 aromatic carbocycles. The van der Waals surface area contributed by atoms with Crippen molar-refractivity contribution in [3.63, 3.8) is 0 Å². The number of halogens is 2. The standard InChI is InChI=1S/C12H16Cl2N2.C11H24N2O/c1-2-15-6-8-16(9-7-15)11-5-3-4-10(13)12(11)14;1-5-6-7-10(2)12-11(14)8-9-13(3)4/h3-5H,2,6-9H2,1H3;10H,5-9H2,1-4H3,(H,12,14). The van der Waals surface area contributed by atoms with Gasteiger partial charge in [0.2, 0.25) is 5.91 Å². The summed E-state index contributed by atoms with van der Waals surface area (Å²) in [6.45, 7) is 12.6. The number of hydrogen-bond donors (Lipinski definition) is 1. The maximum absolute atomic E-state index is 11.4. The van der Waals surface area contributed by atoms with Gasteiger partial charge in [-0.05, 0) is 46.1 Å². The summed E-state index contributed by atoms with van der Waals surface area (Å²) in [4.78, 5) is 18.2. The molecule has 1 heterocycles. The number of nitrogens with one attached hydrogen (secondary N) is 1. The quantitative estimate of drug-likeness (QED) is 0.578. The Bertz CT molecular complexity index is 619. The van der Waals surface area contributed by atoms with Gasteiger partial charge >= 0.3 is 0 Å². The van der Waals surface area contributed by atoms with Gasteiger partial charge in [0.15, 0.2) is 0 Å². The van der Waals surface area contributed by atoms with E-state index in [2.05, 4.69) is 35.9 Å². The van der Waals surface area contributed by atoms with Gasteiger partial charge in [-0.25, -0.2) is 0 Å². The van der Waals surface area contributed by atoms with E-state index in [0.29, 0.717) is 22.5 Å². The summed E-state index contributed by atoms with van der Waals surface area (Å²) < 4.78 is 0. The molecule has 1 fully saturated rings. The van der Waals surface area contributed by atoms with Gasteiger partial charge < -0.3 is 20.0 Å². The third kappa shape index (κ3) is 10.3. The van der Waals surface area contributed by atoms with Crippen LogP contribution in [0.25, 0.3) is 0 Å². The van der Waals surface area contributed by atoms with Crippen molar-refractivity contribution < 1.29 is 4.79 Å². The zero-order valence-electron chi connectivity index (χ0n) is 19.4. The number of rotatable bonds is 9. The van der Waals surface area contributed by atoms with Crippen LogP contribution in [0.3, 0.4) is 0 Å². The van der Waals surface area contributed by atoms with Gasteiger partial charge in [0, 0.05) is 45.2 Å². The lowest BCUT2D eigenvalue weighted by Crippen LogP contribution is -2.46. The number of piperazine rings is 1. The molecule has 5 nitrogen and oxygen atoms in total. The molecule has 7 heteroatoms. The molecule has 172 valence electrons. The van der Waals surface area contributed by atoms with Crippen molar-refractivity contribution >= 4 is 34.8 Å². The minimum absolute atomic E-state index is 0.169.